The molecule has 0 saturated carbocycles. The van der Waals surface area contributed by atoms with Crippen molar-refractivity contribution >= 4 is 12.0 Å². The zero-order valence-corrected chi connectivity index (χ0v) is 13.5. The van der Waals surface area contributed by atoms with Crippen LogP contribution in [0.5, 0.6) is 5.75 Å². The number of amides is 1. The maximum Gasteiger partial charge on any atom is 0.246 e. The average molecular weight is 323 g/mol. The Bertz CT molecular complexity index is 698. The SMILES string of the molecule is N[C@H]1CCN(C(=O)/C=C/c2ccc(OCc3ccccn3)cc2)C1. The molecule has 5 nitrogen and oxygen atoms in total. The van der Waals surface area contributed by atoms with Crippen molar-refractivity contribution in [2.24, 2.45) is 5.73 Å². The van der Waals surface area contributed by atoms with E-state index in [2.05, 4.69) is 4.98 Å². The van der Waals surface area contributed by atoms with Gasteiger partial charge in [0.2, 0.25) is 5.91 Å². The molecule has 1 saturated heterocycles. The van der Waals surface area contributed by atoms with Gasteiger partial charge in [0.25, 0.3) is 0 Å². The molecule has 1 aromatic heterocycles. The number of benzene rings is 1. The molecule has 0 unspecified atom stereocenters. The fourth-order valence-electron chi connectivity index (χ4n) is 2.58. The highest BCUT2D eigenvalue weighted by Gasteiger charge is 2.21. The molecule has 124 valence electrons. The molecular formula is C19H21N3O2. The molecule has 0 radical (unpaired) electrons. The largest absolute Gasteiger partial charge is 0.487 e. The van der Waals surface area contributed by atoms with Gasteiger partial charge in [-0.1, -0.05) is 18.2 Å². The second-order valence-electron chi connectivity index (χ2n) is 5.85. The highest BCUT2D eigenvalue weighted by atomic mass is 16.5. The molecule has 1 aliphatic rings. The van der Waals surface area contributed by atoms with Crippen molar-refractivity contribution in [3.05, 3.63) is 66.0 Å². The summed E-state index contributed by atoms with van der Waals surface area (Å²) >= 11 is 0. The van der Waals surface area contributed by atoms with Crippen molar-refractivity contribution in [3.63, 3.8) is 0 Å². The number of hydrogen-bond donors (Lipinski definition) is 1. The molecule has 2 heterocycles. The predicted octanol–water partition coefficient (Wildman–Crippen LogP) is 2.23. The van der Waals surface area contributed by atoms with Crippen LogP contribution in [0.25, 0.3) is 6.08 Å². The molecule has 1 fully saturated rings. The smallest absolute Gasteiger partial charge is 0.246 e. The highest BCUT2D eigenvalue weighted by molar-refractivity contribution is 5.92. The number of pyridine rings is 1. The Morgan fingerprint density at radius 1 is 1.29 bits per heavy atom. The fraction of sp³-hybridized carbons (Fsp3) is 0.263. The Morgan fingerprint density at radius 2 is 2.12 bits per heavy atom. The minimum Gasteiger partial charge on any atom is -0.487 e. The summed E-state index contributed by atoms with van der Waals surface area (Å²) in [5, 5.41) is 0. The number of nitrogens with two attached hydrogens (primary N) is 1. The number of rotatable bonds is 5. The molecule has 1 aromatic carbocycles. The van der Waals surface area contributed by atoms with E-state index in [-0.39, 0.29) is 11.9 Å². The number of nitrogens with zero attached hydrogens (tertiary/aromatic N) is 2. The minimum atomic E-state index is 0.0124. The van der Waals surface area contributed by atoms with E-state index in [1.54, 1.807) is 17.2 Å². The van der Waals surface area contributed by atoms with Crippen LogP contribution in [0, 0.1) is 0 Å². The second-order valence-corrected chi connectivity index (χ2v) is 5.85. The third kappa shape index (κ3) is 4.43. The number of aromatic nitrogens is 1. The number of ether oxygens (including phenoxy) is 1. The van der Waals surface area contributed by atoms with E-state index in [4.69, 9.17) is 10.5 Å². The van der Waals surface area contributed by atoms with Gasteiger partial charge in [-0.2, -0.15) is 0 Å². The van der Waals surface area contributed by atoms with E-state index in [0.717, 1.165) is 30.0 Å². The van der Waals surface area contributed by atoms with Gasteiger partial charge in [0, 0.05) is 31.4 Å². The molecule has 0 spiro atoms. The molecule has 5 heteroatoms. The lowest BCUT2D eigenvalue weighted by Gasteiger charge is -2.12. The summed E-state index contributed by atoms with van der Waals surface area (Å²) in [5.74, 6) is 0.785. The van der Waals surface area contributed by atoms with Crippen LogP contribution < -0.4 is 10.5 Å². The van der Waals surface area contributed by atoms with Gasteiger partial charge in [-0.3, -0.25) is 9.78 Å². The number of likely N-dealkylation sites (tertiary alicyclic amines) is 1. The van der Waals surface area contributed by atoms with E-state index in [1.807, 2.05) is 48.5 Å². The maximum atomic E-state index is 12.0. The van der Waals surface area contributed by atoms with E-state index in [1.165, 1.54) is 0 Å². The van der Waals surface area contributed by atoms with Gasteiger partial charge in [-0.05, 0) is 42.3 Å². The standard InChI is InChI=1S/C19H21N3O2/c20-16-10-12-22(13-16)19(23)9-6-15-4-7-18(8-5-15)24-14-17-3-1-2-11-21-17/h1-9,11,16H,10,12-14,20H2/b9-6+/t16-/m0/s1. The molecule has 1 aliphatic heterocycles. The summed E-state index contributed by atoms with van der Waals surface area (Å²) in [6.07, 6.45) is 6.04. The van der Waals surface area contributed by atoms with Crippen LogP contribution in [-0.2, 0) is 11.4 Å². The van der Waals surface area contributed by atoms with Crippen molar-refractivity contribution in [2.75, 3.05) is 13.1 Å². The third-order valence-electron chi connectivity index (χ3n) is 3.95. The maximum absolute atomic E-state index is 12.0. The zero-order chi connectivity index (χ0) is 16.8. The van der Waals surface area contributed by atoms with Gasteiger partial charge in [0.1, 0.15) is 12.4 Å². The topological polar surface area (TPSA) is 68.5 Å². The summed E-state index contributed by atoms with van der Waals surface area (Å²) in [4.78, 5) is 18.0. The molecule has 0 aliphatic carbocycles. The first-order valence-corrected chi connectivity index (χ1v) is 8.06. The molecular weight excluding hydrogens is 302 g/mol. The summed E-state index contributed by atoms with van der Waals surface area (Å²) in [5.41, 5.74) is 7.66. The molecule has 1 atom stereocenters. The highest BCUT2D eigenvalue weighted by Crippen LogP contribution is 2.15. The van der Waals surface area contributed by atoms with Gasteiger partial charge in [-0.15, -0.1) is 0 Å². The summed E-state index contributed by atoms with van der Waals surface area (Å²) < 4.78 is 5.69. The quantitative estimate of drug-likeness (QED) is 0.857. The summed E-state index contributed by atoms with van der Waals surface area (Å²) in [7, 11) is 0. The molecule has 24 heavy (non-hydrogen) atoms. The Morgan fingerprint density at radius 3 is 2.79 bits per heavy atom. The van der Waals surface area contributed by atoms with Gasteiger partial charge < -0.3 is 15.4 Å². The first-order valence-electron chi connectivity index (χ1n) is 8.06. The number of carbonyl (C=O) groups is 1. The van der Waals surface area contributed by atoms with Crippen molar-refractivity contribution in [1.29, 1.82) is 0 Å². The normalized spacial score (nSPS) is 17.4. The Balaban J connectivity index is 1.52. The van der Waals surface area contributed by atoms with Crippen LogP contribution in [0.15, 0.2) is 54.7 Å². The van der Waals surface area contributed by atoms with Crippen molar-refractivity contribution < 1.29 is 9.53 Å². The monoisotopic (exact) mass is 323 g/mol. The summed E-state index contributed by atoms with van der Waals surface area (Å²) in [6.45, 7) is 1.82. The average Bonchev–Trinajstić information content (AvgIpc) is 3.06. The minimum absolute atomic E-state index is 0.0124. The van der Waals surface area contributed by atoms with Crippen LogP contribution in [0.3, 0.4) is 0 Å². The van der Waals surface area contributed by atoms with Crippen LogP contribution in [0.4, 0.5) is 0 Å². The van der Waals surface area contributed by atoms with Crippen LogP contribution in [0.1, 0.15) is 17.7 Å². The Labute approximate surface area is 141 Å². The predicted molar refractivity (Wildman–Crippen MR) is 93.2 cm³/mol. The first kappa shape index (κ1) is 16.2. The van der Waals surface area contributed by atoms with Crippen LogP contribution in [-0.4, -0.2) is 34.9 Å². The van der Waals surface area contributed by atoms with Crippen LogP contribution in [0.2, 0.25) is 0 Å². The van der Waals surface area contributed by atoms with E-state index in [9.17, 15) is 4.79 Å². The number of hydrogen-bond acceptors (Lipinski definition) is 4. The number of carbonyl (C=O) groups excluding carboxylic acids is 1. The lowest BCUT2D eigenvalue weighted by Crippen LogP contribution is -2.30. The molecule has 3 rings (SSSR count). The van der Waals surface area contributed by atoms with Gasteiger partial charge >= 0.3 is 0 Å². The van der Waals surface area contributed by atoms with Crippen LogP contribution >= 0.6 is 0 Å². The molecule has 2 N–H and O–H groups in total. The van der Waals surface area contributed by atoms with E-state index >= 15 is 0 Å². The van der Waals surface area contributed by atoms with E-state index in [0.29, 0.717) is 13.2 Å². The van der Waals surface area contributed by atoms with Crippen molar-refractivity contribution in [3.8, 4) is 5.75 Å². The van der Waals surface area contributed by atoms with Crippen molar-refractivity contribution in [2.45, 2.75) is 19.1 Å². The Hall–Kier alpha value is -2.66. The second kappa shape index (κ2) is 7.75. The zero-order valence-electron chi connectivity index (χ0n) is 13.5. The van der Waals surface area contributed by atoms with Gasteiger partial charge in [-0.25, -0.2) is 0 Å². The lowest BCUT2D eigenvalue weighted by molar-refractivity contribution is -0.124. The molecule has 0 bridgehead atoms. The third-order valence-corrected chi connectivity index (χ3v) is 3.95. The van der Waals surface area contributed by atoms with Crippen molar-refractivity contribution in [1.82, 2.24) is 9.88 Å². The van der Waals surface area contributed by atoms with E-state index < -0.39 is 0 Å². The Kier molecular flexibility index (Phi) is 5.23. The first-order chi connectivity index (χ1) is 11.7. The molecule has 1 amide bonds. The lowest BCUT2D eigenvalue weighted by atomic mass is 10.2. The summed E-state index contributed by atoms with van der Waals surface area (Å²) in [6, 6.07) is 13.5. The van der Waals surface area contributed by atoms with Gasteiger partial charge in [0.15, 0.2) is 0 Å². The van der Waals surface area contributed by atoms with Gasteiger partial charge in [0.05, 0.1) is 5.69 Å². The fourth-order valence-corrected chi connectivity index (χ4v) is 2.58. The molecule has 2 aromatic rings.